The van der Waals surface area contributed by atoms with E-state index in [4.69, 9.17) is 15.7 Å². The molecule has 0 radical (unpaired) electrons. The van der Waals surface area contributed by atoms with E-state index in [1.54, 1.807) is 6.07 Å². The van der Waals surface area contributed by atoms with Crippen LogP contribution < -0.4 is 15.8 Å². The van der Waals surface area contributed by atoms with Crippen LogP contribution in [0.5, 0.6) is 5.88 Å². The summed E-state index contributed by atoms with van der Waals surface area (Å²) in [4.78, 5) is 7.61. The van der Waals surface area contributed by atoms with Gasteiger partial charge in [-0.05, 0) is 38.1 Å². The summed E-state index contributed by atoms with van der Waals surface area (Å²) in [6.45, 7) is 4.27. The fourth-order valence-corrected chi connectivity index (χ4v) is 2.46. The van der Waals surface area contributed by atoms with Crippen molar-refractivity contribution >= 4 is 28.1 Å². The highest BCUT2D eigenvalue weighted by atomic mass is 16.5. The number of nitriles is 1. The Hall–Kier alpha value is -3.20. The van der Waals surface area contributed by atoms with Gasteiger partial charge in [0.15, 0.2) is 0 Å². The third-order valence-electron chi connectivity index (χ3n) is 3.44. The van der Waals surface area contributed by atoms with Crippen molar-refractivity contribution < 1.29 is 4.74 Å². The zero-order chi connectivity index (χ0) is 16.4. The molecule has 1 aromatic carbocycles. The molecule has 116 valence electrons. The monoisotopic (exact) mass is 307 g/mol. The van der Waals surface area contributed by atoms with E-state index in [0.717, 1.165) is 22.3 Å². The lowest BCUT2D eigenvalue weighted by Gasteiger charge is -2.11. The van der Waals surface area contributed by atoms with E-state index in [2.05, 4.69) is 21.4 Å². The fraction of sp³-hybridized carbons (Fsp3) is 0.176. The average molecular weight is 307 g/mol. The Morgan fingerprint density at radius 2 is 2.17 bits per heavy atom. The molecule has 0 unspecified atom stereocenters. The van der Waals surface area contributed by atoms with E-state index in [-0.39, 0.29) is 11.4 Å². The van der Waals surface area contributed by atoms with Gasteiger partial charge in [0.1, 0.15) is 17.5 Å². The fourth-order valence-electron chi connectivity index (χ4n) is 2.46. The molecule has 2 aromatic heterocycles. The summed E-state index contributed by atoms with van der Waals surface area (Å²) in [7, 11) is 0. The zero-order valence-corrected chi connectivity index (χ0v) is 13.0. The number of pyridine rings is 1. The summed E-state index contributed by atoms with van der Waals surface area (Å²) in [5, 5.41) is 13.5. The molecule has 0 bridgehead atoms. The van der Waals surface area contributed by atoms with Crippen LogP contribution in [0.3, 0.4) is 0 Å². The van der Waals surface area contributed by atoms with Crippen LogP contribution in [0.2, 0.25) is 0 Å². The molecule has 0 aliphatic heterocycles. The van der Waals surface area contributed by atoms with Crippen LogP contribution in [0.25, 0.3) is 10.9 Å². The Morgan fingerprint density at radius 1 is 1.35 bits per heavy atom. The molecule has 4 N–H and O–H groups in total. The number of aromatic amines is 1. The summed E-state index contributed by atoms with van der Waals surface area (Å²) >= 11 is 0. The zero-order valence-electron chi connectivity index (χ0n) is 13.0. The van der Waals surface area contributed by atoms with Crippen LogP contribution in [-0.4, -0.2) is 16.6 Å². The second-order valence-electron chi connectivity index (χ2n) is 5.20. The van der Waals surface area contributed by atoms with Crippen molar-refractivity contribution in [3.8, 4) is 11.9 Å². The number of H-pyrrole nitrogens is 1. The largest absolute Gasteiger partial charge is 0.477 e. The van der Waals surface area contributed by atoms with Gasteiger partial charge < -0.3 is 20.8 Å². The number of nitrogens with two attached hydrogens (primary N) is 1. The van der Waals surface area contributed by atoms with Gasteiger partial charge in [0, 0.05) is 28.4 Å². The molecule has 0 fully saturated rings. The molecule has 0 saturated heterocycles. The predicted octanol–water partition coefficient (Wildman–Crippen LogP) is 3.47. The minimum atomic E-state index is 0.246. The number of benzene rings is 1. The normalized spacial score (nSPS) is 10.5. The van der Waals surface area contributed by atoms with Crippen molar-refractivity contribution in [1.29, 1.82) is 5.26 Å². The third-order valence-corrected chi connectivity index (χ3v) is 3.44. The molecule has 0 saturated carbocycles. The summed E-state index contributed by atoms with van der Waals surface area (Å²) < 4.78 is 5.40. The quantitative estimate of drug-likeness (QED) is 0.685. The highest BCUT2D eigenvalue weighted by Crippen LogP contribution is 2.28. The first-order valence-electron chi connectivity index (χ1n) is 7.30. The number of rotatable bonds is 4. The third kappa shape index (κ3) is 2.90. The molecule has 3 aromatic rings. The lowest BCUT2D eigenvalue weighted by atomic mass is 10.2. The Kier molecular flexibility index (Phi) is 3.77. The summed E-state index contributed by atoms with van der Waals surface area (Å²) in [5.74, 6) is 0.785. The van der Waals surface area contributed by atoms with Crippen LogP contribution in [0.15, 0.2) is 30.3 Å². The Balaban J connectivity index is 1.96. The molecule has 6 nitrogen and oxygen atoms in total. The second-order valence-corrected chi connectivity index (χ2v) is 5.20. The van der Waals surface area contributed by atoms with Gasteiger partial charge in [0.2, 0.25) is 5.88 Å². The maximum absolute atomic E-state index is 9.15. The Labute approximate surface area is 133 Å². The van der Waals surface area contributed by atoms with E-state index in [0.29, 0.717) is 18.1 Å². The Morgan fingerprint density at radius 3 is 2.91 bits per heavy atom. The molecule has 0 amide bonds. The second kappa shape index (κ2) is 5.89. The van der Waals surface area contributed by atoms with Crippen molar-refractivity contribution in [2.24, 2.45) is 0 Å². The highest BCUT2D eigenvalue weighted by molar-refractivity contribution is 5.85. The number of anilines is 3. The van der Waals surface area contributed by atoms with Gasteiger partial charge in [-0.1, -0.05) is 0 Å². The number of hydrogen-bond donors (Lipinski definition) is 3. The number of hydrogen-bond acceptors (Lipinski definition) is 5. The first kappa shape index (κ1) is 14.7. The van der Waals surface area contributed by atoms with Crippen LogP contribution in [0, 0.1) is 18.3 Å². The molecular weight excluding hydrogens is 290 g/mol. The van der Waals surface area contributed by atoms with Gasteiger partial charge >= 0.3 is 0 Å². The standard InChI is InChI=1S/C17H17N5O/c1-3-23-17-13(9-18)14(19)8-16(22-17)21-12-4-5-15-11(7-12)6-10(2)20-15/h4-8,20H,3H2,1-2H3,(H3,19,21,22). The number of aromatic nitrogens is 2. The van der Waals surface area contributed by atoms with Crippen molar-refractivity contribution in [3.05, 3.63) is 41.6 Å². The summed E-state index contributed by atoms with van der Waals surface area (Å²) in [6.07, 6.45) is 0. The van der Waals surface area contributed by atoms with E-state index in [1.807, 2.05) is 38.1 Å². The predicted molar refractivity (Wildman–Crippen MR) is 90.9 cm³/mol. The molecule has 0 atom stereocenters. The number of nitrogen functional groups attached to an aromatic ring is 1. The van der Waals surface area contributed by atoms with E-state index >= 15 is 0 Å². The minimum absolute atomic E-state index is 0.246. The number of aryl methyl sites for hydroxylation is 1. The molecule has 0 aliphatic carbocycles. The highest BCUT2D eigenvalue weighted by Gasteiger charge is 2.12. The van der Waals surface area contributed by atoms with Crippen LogP contribution in [0.1, 0.15) is 18.2 Å². The van der Waals surface area contributed by atoms with E-state index in [9.17, 15) is 0 Å². The van der Waals surface area contributed by atoms with Crippen LogP contribution in [-0.2, 0) is 0 Å². The molecule has 2 heterocycles. The lowest BCUT2D eigenvalue weighted by Crippen LogP contribution is -2.04. The smallest absolute Gasteiger partial charge is 0.235 e. The van der Waals surface area contributed by atoms with Crippen molar-refractivity contribution in [2.75, 3.05) is 17.7 Å². The van der Waals surface area contributed by atoms with Crippen molar-refractivity contribution in [1.82, 2.24) is 9.97 Å². The van der Waals surface area contributed by atoms with Gasteiger partial charge in [-0.25, -0.2) is 0 Å². The van der Waals surface area contributed by atoms with Gasteiger partial charge in [-0.2, -0.15) is 10.2 Å². The maximum atomic E-state index is 9.15. The maximum Gasteiger partial charge on any atom is 0.235 e. The topological polar surface area (TPSA) is 99.8 Å². The SMILES string of the molecule is CCOc1nc(Nc2ccc3[nH]c(C)cc3c2)cc(N)c1C#N. The minimum Gasteiger partial charge on any atom is -0.477 e. The molecular formula is C17H17N5O. The van der Waals surface area contributed by atoms with E-state index in [1.165, 1.54) is 0 Å². The van der Waals surface area contributed by atoms with Gasteiger partial charge in [0.25, 0.3) is 0 Å². The number of fused-ring (bicyclic) bond motifs is 1. The number of ether oxygens (including phenoxy) is 1. The number of nitrogens with one attached hydrogen (secondary N) is 2. The average Bonchev–Trinajstić information content (AvgIpc) is 2.87. The van der Waals surface area contributed by atoms with Crippen molar-refractivity contribution in [2.45, 2.75) is 13.8 Å². The molecule has 0 spiro atoms. The Bertz CT molecular complexity index is 907. The first-order chi connectivity index (χ1) is 11.1. The molecule has 3 rings (SSSR count). The number of nitrogens with zero attached hydrogens (tertiary/aromatic N) is 2. The van der Waals surface area contributed by atoms with Gasteiger partial charge in [0.05, 0.1) is 12.3 Å². The summed E-state index contributed by atoms with van der Waals surface area (Å²) in [5.41, 5.74) is 9.59. The van der Waals surface area contributed by atoms with Crippen LogP contribution >= 0.6 is 0 Å². The van der Waals surface area contributed by atoms with Gasteiger partial charge in [-0.15, -0.1) is 0 Å². The summed E-state index contributed by atoms with van der Waals surface area (Å²) in [6, 6.07) is 11.7. The van der Waals surface area contributed by atoms with Crippen LogP contribution in [0.4, 0.5) is 17.2 Å². The lowest BCUT2D eigenvalue weighted by molar-refractivity contribution is 0.326. The molecule has 6 heteroatoms. The van der Waals surface area contributed by atoms with Gasteiger partial charge in [-0.3, -0.25) is 0 Å². The molecule has 23 heavy (non-hydrogen) atoms. The van der Waals surface area contributed by atoms with E-state index < -0.39 is 0 Å². The first-order valence-corrected chi connectivity index (χ1v) is 7.30. The van der Waals surface area contributed by atoms with Crippen molar-refractivity contribution in [3.63, 3.8) is 0 Å². The molecule has 0 aliphatic rings.